The molecule has 28 heavy (non-hydrogen) atoms. The lowest BCUT2D eigenvalue weighted by Crippen LogP contribution is -2.29. The van der Waals surface area contributed by atoms with Gasteiger partial charge in [-0.3, -0.25) is 14.4 Å². The molecule has 0 spiro atoms. The van der Waals surface area contributed by atoms with Crippen LogP contribution in [0.5, 0.6) is 0 Å². The summed E-state index contributed by atoms with van der Waals surface area (Å²) in [5.74, 6) is -1.56. The molecule has 1 heterocycles. The van der Waals surface area contributed by atoms with Gasteiger partial charge in [0.05, 0.1) is 22.0 Å². The molecule has 1 aliphatic heterocycles. The number of nitrogens with one attached hydrogen (secondary N) is 2. The van der Waals surface area contributed by atoms with Crippen molar-refractivity contribution in [2.24, 2.45) is 0 Å². The highest BCUT2D eigenvalue weighted by Crippen LogP contribution is 2.30. The smallest absolute Gasteiger partial charge is 0.257 e. The zero-order valence-electron chi connectivity index (χ0n) is 14.7. The minimum atomic E-state index is -3.71. The third-order valence-corrected chi connectivity index (χ3v) is 5.95. The van der Waals surface area contributed by atoms with Gasteiger partial charge in [-0.05, 0) is 36.4 Å². The molecule has 3 amide bonds. The summed E-state index contributed by atoms with van der Waals surface area (Å²) in [6.07, 6.45) is -0.0904. The number of carbonyl (C=O) groups is 3. The summed E-state index contributed by atoms with van der Waals surface area (Å²) in [7, 11) is -3.71. The Kier molecular flexibility index (Phi) is 5.39. The van der Waals surface area contributed by atoms with E-state index in [1.54, 1.807) is 24.3 Å². The second-order valence-corrected chi connectivity index (χ2v) is 8.45. The topological polar surface area (TPSA) is 113 Å². The Morgan fingerprint density at radius 2 is 1.75 bits per heavy atom. The van der Waals surface area contributed by atoms with E-state index in [0.29, 0.717) is 15.7 Å². The van der Waals surface area contributed by atoms with Gasteiger partial charge in [-0.15, -0.1) is 0 Å². The molecule has 10 heteroatoms. The van der Waals surface area contributed by atoms with Crippen molar-refractivity contribution < 1.29 is 22.8 Å². The molecule has 0 bridgehead atoms. The van der Waals surface area contributed by atoms with Gasteiger partial charge in [0.2, 0.25) is 21.8 Å². The molecule has 0 atom stereocenters. The van der Waals surface area contributed by atoms with Crippen LogP contribution in [-0.2, 0) is 19.6 Å². The van der Waals surface area contributed by atoms with Gasteiger partial charge in [-0.25, -0.2) is 12.7 Å². The SMILES string of the molecule is CC(=O)Nc1cccc(NC(=O)c2ccc(N3C(=O)CCS3(=O)=O)cc2Cl)c1. The first kappa shape index (κ1) is 19.8. The third-order valence-electron chi connectivity index (χ3n) is 3.95. The summed E-state index contributed by atoms with van der Waals surface area (Å²) in [5, 5.41) is 5.27. The number of benzene rings is 2. The van der Waals surface area contributed by atoms with Gasteiger partial charge in [0.15, 0.2) is 0 Å². The van der Waals surface area contributed by atoms with E-state index < -0.39 is 21.8 Å². The molecule has 146 valence electrons. The van der Waals surface area contributed by atoms with Crippen molar-refractivity contribution in [1.82, 2.24) is 0 Å². The molecule has 0 unspecified atom stereocenters. The number of rotatable bonds is 4. The number of anilines is 3. The van der Waals surface area contributed by atoms with Crippen LogP contribution in [0.25, 0.3) is 0 Å². The summed E-state index contributed by atoms with van der Waals surface area (Å²) in [5.41, 5.74) is 1.16. The van der Waals surface area contributed by atoms with E-state index in [1.807, 2.05) is 0 Å². The summed E-state index contributed by atoms with van der Waals surface area (Å²) < 4.78 is 24.7. The van der Waals surface area contributed by atoms with Crippen molar-refractivity contribution in [3.8, 4) is 0 Å². The summed E-state index contributed by atoms with van der Waals surface area (Å²) in [6, 6.07) is 10.5. The monoisotopic (exact) mass is 421 g/mol. The first-order valence-corrected chi connectivity index (χ1v) is 10.2. The second-order valence-electron chi connectivity index (χ2n) is 6.10. The van der Waals surface area contributed by atoms with Crippen LogP contribution in [-0.4, -0.2) is 31.9 Å². The standard InChI is InChI=1S/C18H16ClN3O5S/c1-11(23)20-12-3-2-4-13(9-12)21-18(25)15-6-5-14(10-16(15)19)22-17(24)7-8-28(22,26)27/h2-6,9-10H,7-8H2,1H3,(H,20,23)(H,21,25). The Labute approximate surface area is 166 Å². The fourth-order valence-electron chi connectivity index (χ4n) is 2.76. The lowest BCUT2D eigenvalue weighted by molar-refractivity contribution is -0.116. The van der Waals surface area contributed by atoms with Crippen molar-refractivity contribution >= 4 is 56.4 Å². The number of hydrogen-bond donors (Lipinski definition) is 2. The molecule has 1 fully saturated rings. The minimum absolute atomic E-state index is 0.00270. The Hall–Kier alpha value is -2.91. The van der Waals surface area contributed by atoms with Gasteiger partial charge in [0.1, 0.15) is 0 Å². The predicted octanol–water partition coefficient (Wildman–Crippen LogP) is 2.62. The number of halogens is 1. The lowest BCUT2D eigenvalue weighted by Gasteiger charge is -2.16. The van der Waals surface area contributed by atoms with E-state index in [1.165, 1.54) is 25.1 Å². The van der Waals surface area contributed by atoms with Crippen LogP contribution >= 0.6 is 11.6 Å². The Morgan fingerprint density at radius 3 is 2.32 bits per heavy atom. The second kappa shape index (κ2) is 7.61. The molecule has 1 aliphatic rings. The summed E-state index contributed by atoms with van der Waals surface area (Å²) >= 11 is 6.16. The molecular weight excluding hydrogens is 406 g/mol. The predicted molar refractivity (Wildman–Crippen MR) is 106 cm³/mol. The van der Waals surface area contributed by atoms with Crippen LogP contribution in [0, 0.1) is 0 Å². The molecule has 1 saturated heterocycles. The summed E-state index contributed by atoms with van der Waals surface area (Å²) in [4.78, 5) is 35.5. The number of carbonyl (C=O) groups excluding carboxylic acids is 3. The maximum absolute atomic E-state index is 12.5. The van der Waals surface area contributed by atoms with Crippen molar-refractivity contribution in [3.05, 3.63) is 53.1 Å². The van der Waals surface area contributed by atoms with E-state index >= 15 is 0 Å². The molecular formula is C18H16ClN3O5S. The van der Waals surface area contributed by atoms with Crippen LogP contribution < -0.4 is 14.9 Å². The molecule has 3 rings (SSSR count). The van der Waals surface area contributed by atoms with Crippen LogP contribution in [0.1, 0.15) is 23.7 Å². The van der Waals surface area contributed by atoms with E-state index in [2.05, 4.69) is 10.6 Å². The normalized spacial score (nSPS) is 15.4. The van der Waals surface area contributed by atoms with E-state index in [0.717, 1.165) is 0 Å². The first-order chi connectivity index (χ1) is 13.2. The van der Waals surface area contributed by atoms with E-state index in [4.69, 9.17) is 11.6 Å². The molecule has 2 N–H and O–H groups in total. The summed E-state index contributed by atoms with van der Waals surface area (Å²) in [6.45, 7) is 1.37. The van der Waals surface area contributed by atoms with E-state index in [-0.39, 0.29) is 34.4 Å². The van der Waals surface area contributed by atoms with Gasteiger partial charge < -0.3 is 10.6 Å². The van der Waals surface area contributed by atoms with Gasteiger partial charge >= 0.3 is 0 Å². The highest BCUT2D eigenvalue weighted by atomic mass is 35.5. The zero-order valence-corrected chi connectivity index (χ0v) is 16.3. The lowest BCUT2D eigenvalue weighted by atomic mass is 10.1. The molecule has 2 aromatic carbocycles. The molecule has 8 nitrogen and oxygen atoms in total. The molecule has 2 aromatic rings. The molecule has 0 saturated carbocycles. The van der Waals surface area contributed by atoms with Crippen molar-refractivity contribution in [3.63, 3.8) is 0 Å². The first-order valence-electron chi connectivity index (χ1n) is 8.22. The molecule has 0 aliphatic carbocycles. The maximum atomic E-state index is 12.5. The largest absolute Gasteiger partial charge is 0.326 e. The quantitative estimate of drug-likeness (QED) is 0.787. The fourth-order valence-corrected chi connectivity index (χ4v) is 4.47. The van der Waals surface area contributed by atoms with Gasteiger partial charge in [0.25, 0.3) is 5.91 Å². The van der Waals surface area contributed by atoms with Gasteiger partial charge in [0, 0.05) is 24.7 Å². The number of hydrogen-bond acceptors (Lipinski definition) is 5. The number of amides is 3. The van der Waals surface area contributed by atoms with Crippen molar-refractivity contribution in [1.29, 1.82) is 0 Å². The Morgan fingerprint density at radius 1 is 1.07 bits per heavy atom. The Balaban J connectivity index is 1.82. The average molecular weight is 422 g/mol. The van der Waals surface area contributed by atoms with Crippen LogP contribution in [0.2, 0.25) is 5.02 Å². The van der Waals surface area contributed by atoms with Gasteiger partial charge in [-0.1, -0.05) is 17.7 Å². The zero-order chi connectivity index (χ0) is 20.5. The molecule has 0 aromatic heterocycles. The molecule has 0 radical (unpaired) electrons. The highest BCUT2D eigenvalue weighted by molar-refractivity contribution is 7.94. The van der Waals surface area contributed by atoms with Crippen molar-refractivity contribution in [2.45, 2.75) is 13.3 Å². The Bertz CT molecular complexity index is 1080. The maximum Gasteiger partial charge on any atom is 0.257 e. The minimum Gasteiger partial charge on any atom is -0.326 e. The average Bonchev–Trinajstić information content (AvgIpc) is 2.87. The fraction of sp³-hybridized carbons (Fsp3) is 0.167. The third kappa shape index (κ3) is 4.15. The number of nitrogens with zero attached hydrogens (tertiary/aromatic N) is 1. The van der Waals surface area contributed by atoms with Crippen LogP contribution in [0.3, 0.4) is 0 Å². The van der Waals surface area contributed by atoms with Crippen LogP contribution in [0.15, 0.2) is 42.5 Å². The van der Waals surface area contributed by atoms with Crippen molar-refractivity contribution in [2.75, 3.05) is 20.7 Å². The number of sulfonamides is 1. The highest BCUT2D eigenvalue weighted by Gasteiger charge is 2.36. The van der Waals surface area contributed by atoms with Gasteiger partial charge in [-0.2, -0.15) is 0 Å². The van der Waals surface area contributed by atoms with E-state index in [9.17, 15) is 22.8 Å². The van der Waals surface area contributed by atoms with Crippen LogP contribution in [0.4, 0.5) is 17.1 Å².